The van der Waals surface area contributed by atoms with Crippen LogP contribution in [0.4, 0.5) is 0 Å². The van der Waals surface area contributed by atoms with Crippen LogP contribution in [0.25, 0.3) is 0 Å². The number of hydrogen-bond donors (Lipinski definition) is 1. The zero-order chi connectivity index (χ0) is 24.2. The zero-order valence-electron chi connectivity index (χ0n) is 18.4. The maximum Gasteiger partial charge on any atom is 0.266 e. The van der Waals surface area contributed by atoms with Crippen molar-refractivity contribution in [2.75, 3.05) is 19.0 Å². The standard InChI is InChI=1S/C22H27ClN2O6S2/c1-22(2,31-19-10-8-17(23)9-11-19)21(26)24-14-12-18(13-15-24)25(16-32(27)28)33(29,30)20-6-4-3-5-7-20/h3-11,18H,12-16H2,1-2H3,(H,27,28). The molecule has 3 rings (SSSR count). The second-order valence-corrected chi connectivity index (χ2v) is 11.5. The predicted octanol–water partition coefficient (Wildman–Crippen LogP) is 3.36. The molecular weight excluding hydrogens is 488 g/mol. The summed E-state index contributed by atoms with van der Waals surface area (Å²) in [6, 6.07) is 14.0. The van der Waals surface area contributed by atoms with Crippen LogP contribution in [0.15, 0.2) is 59.5 Å². The molecule has 1 heterocycles. The molecule has 2 aromatic carbocycles. The van der Waals surface area contributed by atoms with Crippen molar-refractivity contribution in [3.63, 3.8) is 0 Å². The van der Waals surface area contributed by atoms with E-state index < -0.39 is 38.6 Å². The maximum atomic E-state index is 13.1. The van der Waals surface area contributed by atoms with Crippen molar-refractivity contribution < 1.29 is 26.7 Å². The van der Waals surface area contributed by atoms with E-state index in [4.69, 9.17) is 16.3 Å². The molecule has 33 heavy (non-hydrogen) atoms. The highest BCUT2D eigenvalue weighted by Gasteiger charge is 2.39. The number of ether oxygens (including phenoxy) is 1. The van der Waals surface area contributed by atoms with Crippen molar-refractivity contribution in [1.29, 1.82) is 0 Å². The Morgan fingerprint density at radius 1 is 1.15 bits per heavy atom. The molecule has 1 N–H and O–H groups in total. The highest BCUT2D eigenvalue weighted by molar-refractivity contribution is 7.90. The first-order chi connectivity index (χ1) is 15.5. The van der Waals surface area contributed by atoms with Crippen molar-refractivity contribution in [2.24, 2.45) is 0 Å². The largest absolute Gasteiger partial charge is 0.478 e. The van der Waals surface area contributed by atoms with Crippen LogP contribution in [-0.2, 0) is 25.9 Å². The Kier molecular flexibility index (Phi) is 8.17. The van der Waals surface area contributed by atoms with E-state index in [1.807, 2.05) is 0 Å². The summed E-state index contributed by atoms with van der Waals surface area (Å²) in [5.41, 5.74) is -1.14. The number of nitrogens with zero attached hydrogens (tertiary/aromatic N) is 2. The first-order valence-electron chi connectivity index (χ1n) is 10.4. The topological polar surface area (TPSA) is 104 Å². The lowest BCUT2D eigenvalue weighted by molar-refractivity contribution is -0.146. The summed E-state index contributed by atoms with van der Waals surface area (Å²) in [6.45, 7) is 3.96. The minimum atomic E-state index is -3.96. The fourth-order valence-electron chi connectivity index (χ4n) is 3.79. The molecule has 1 amide bonds. The molecule has 8 nitrogen and oxygen atoms in total. The van der Waals surface area contributed by atoms with E-state index in [2.05, 4.69) is 0 Å². The number of halogens is 1. The fraction of sp³-hybridized carbons (Fsp3) is 0.409. The molecule has 1 unspecified atom stereocenters. The Morgan fingerprint density at radius 2 is 1.73 bits per heavy atom. The third-order valence-corrected chi connectivity index (χ3v) is 8.28. The molecule has 0 spiro atoms. The summed E-state index contributed by atoms with van der Waals surface area (Å²) in [5.74, 6) is -0.238. The smallest absolute Gasteiger partial charge is 0.266 e. The van der Waals surface area contributed by atoms with Gasteiger partial charge in [-0.15, -0.1) is 0 Å². The van der Waals surface area contributed by atoms with Gasteiger partial charge >= 0.3 is 0 Å². The van der Waals surface area contributed by atoms with Gasteiger partial charge in [0.05, 0.1) is 4.90 Å². The highest BCUT2D eigenvalue weighted by Crippen LogP contribution is 2.27. The van der Waals surface area contributed by atoms with Gasteiger partial charge in [-0.1, -0.05) is 29.8 Å². The molecule has 180 valence electrons. The number of benzene rings is 2. The number of rotatable bonds is 8. The molecule has 1 atom stereocenters. The lowest BCUT2D eigenvalue weighted by Gasteiger charge is -2.39. The molecule has 0 bridgehead atoms. The van der Waals surface area contributed by atoms with Gasteiger partial charge < -0.3 is 14.2 Å². The molecular formula is C22H27ClN2O6S2. The van der Waals surface area contributed by atoms with Crippen LogP contribution in [0.3, 0.4) is 0 Å². The van der Waals surface area contributed by atoms with Crippen LogP contribution < -0.4 is 4.74 Å². The van der Waals surface area contributed by atoms with Crippen LogP contribution >= 0.6 is 11.6 Å². The van der Waals surface area contributed by atoms with E-state index in [-0.39, 0.29) is 10.8 Å². The third kappa shape index (κ3) is 6.33. The van der Waals surface area contributed by atoms with Crippen LogP contribution in [0, 0.1) is 0 Å². The van der Waals surface area contributed by atoms with Crippen LogP contribution in [0.5, 0.6) is 5.75 Å². The number of carbonyl (C=O) groups excluding carboxylic acids is 1. The average Bonchev–Trinajstić information content (AvgIpc) is 2.79. The van der Waals surface area contributed by atoms with Gasteiger partial charge in [-0.2, -0.15) is 4.31 Å². The van der Waals surface area contributed by atoms with Crippen LogP contribution in [-0.4, -0.2) is 62.9 Å². The van der Waals surface area contributed by atoms with Gasteiger partial charge in [0.1, 0.15) is 11.6 Å². The molecule has 0 aliphatic carbocycles. The summed E-state index contributed by atoms with van der Waals surface area (Å²) in [4.78, 5) is 14.8. The van der Waals surface area contributed by atoms with Crippen molar-refractivity contribution in [2.45, 2.75) is 43.2 Å². The van der Waals surface area contributed by atoms with Crippen molar-refractivity contribution >= 4 is 38.6 Å². The monoisotopic (exact) mass is 514 g/mol. The molecule has 0 aromatic heterocycles. The number of hydrogen-bond acceptors (Lipinski definition) is 5. The summed E-state index contributed by atoms with van der Waals surface area (Å²) < 4.78 is 54.2. The highest BCUT2D eigenvalue weighted by atomic mass is 35.5. The first-order valence-corrected chi connectivity index (χ1v) is 13.5. The summed E-state index contributed by atoms with van der Waals surface area (Å²) >= 11 is 3.56. The molecule has 1 aliphatic rings. The van der Waals surface area contributed by atoms with E-state index in [1.54, 1.807) is 61.2 Å². The Labute approximate surface area is 201 Å². The zero-order valence-corrected chi connectivity index (χ0v) is 20.8. The molecule has 0 radical (unpaired) electrons. The predicted molar refractivity (Wildman–Crippen MR) is 127 cm³/mol. The number of carbonyl (C=O) groups is 1. The Balaban J connectivity index is 1.70. The van der Waals surface area contributed by atoms with Crippen LogP contribution in [0.1, 0.15) is 26.7 Å². The molecule has 1 fully saturated rings. The average molecular weight is 515 g/mol. The molecule has 0 saturated carbocycles. The maximum absolute atomic E-state index is 13.1. The Hall–Kier alpha value is -1.98. The van der Waals surface area contributed by atoms with Gasteiger partial charge in [0.2, 0.25) is 10.0 Å². The lowest BCUT2D eigenvalue weighted by atomic mass is 10.0. The third-order valence-electron chi connectivity index (χ3n) is 5.45. The number of sulfonamides is 1. The molecule has 1 saturated heterocycles. The van der Waals surface area contributed by atoms with Gasteiger partial charge in [-0.05, 0) is 63.1 Å². The van der Waals surface area contributed by atoms with Crippen molar-refractivity contribution in [3.8, 4) is 5.75 Å². The summed E-state index contributed by atoms with van der Waals surface area (Å²) in [7, 11) is -3.96. The summed E-state index contributed by atoms with van der Waals surface area (Å²) in [5, 5.41) is 0.562. The first kappa shape index (κ1) is 25.6. The van der Waals surface area contributed by atoms with E-state index in [9.17, 15) is 22.0 Å². The summed E-state index contributed by atoms with van der Waals surface area (Å²) in [6.07, 6.45) is 0.679. The van der Waals surface area contributed by atoms with E-state index >= 15 is 0 Å². The van der Waals surface area contributed by atoms with E-state index in [1.165, 1.54) is 12.1 Å². The van der Waals surface area contributed by atoms with Gasteiger partial charge in [-0.25, -0.2) is 12.6 Å². The molecule has 11 heteroatoms. The van der Waals surface area contributed by atoms with Crippen LogP contribution in [0.2, 0.25) is 5.02 Å². The minimum Gasteiger partial charge on any atom is -0.478 e. The quantitative estimate of drug-likeness (QED) is 0.542. The van der Waals surface area contributed by atoms with Gasteiger partial charge in [-0.3, -0.25) is 4.79 Å². The van der Waals surface area contributed by atoms with Gasteiger partial charge in [0.25, 0.3) is 5.91 Å². The second-order valence-electron chi connectivity index (χ2n) is 8.25. The minimum absolute atomic E-state index is 0.0615. The van der Waals surface area contributed by atoms with E-state index in [0.29, 0.717) is 36.7 Å². The van der Waals surface area contributed by atoms with Crippen molar-refractivity contribution in [1.82, 2.24) is 9.21 Å². The lowest BCUT2D eigenvalue weighted by Crippen LogP contribution is -2.54. The molecule has 2 aromatic rings. The van der Waals surface area contributed by atoms with Gasteiger partial charge in [0.15, 0.2) is 16.7 Å². The Bertz CT molecular complexity index is 1090. The fourth-order valence-corrected chi connectivity index (χ4v) is 6.54. The second kappa shape index (κ2) is 10.5. The van der Waals surface area contributed by atoms with Gasteiger partial charge in [0, 0.05) is 24.2 Å². The van der Waals surface area contributed by atoms with E-state index in [0.717, 1.165) is 4.31 Å². The number of likely N-dealkylation sites (tertiary alicyclic amines) is 1. The number of amides is 1. The normalized spacial score (nSPS) is 16.6. The SMILES string of the molecule is CC(C)(Oc1ccc(Cl)cc1)C(=O)N1CCC(N(CS(=O)O)S(=O)(=O)c2ccccc2)CC1. The van der Waals surface area contributed by atoms with Crippen molar-refractivity contribution in [3.05, 3.63) is 59.6 Å². The Morgan fingerprint density at radius 3 is 2.27 bits per heavy atom. The molecule has 1 aliphatic heterocycles. The number of piperidine rings is 1.